The standard InChI is InChI=1S/C16H20ClN5O4/c1-10(2)25-16(23)22-5-3-12(4-6-22)24-9-13-20-14(21-26-13)11-7-18-15(17)19-8-11/h7-8,10,12H,3-6,9H2,1-2H3. The van der Waals surface area contributed by atoms with Crippen LogP contribution in [-0.2, 0) is 16.1 Å². The van der Waals surface area contributed by atoms with Crippen LogP contribution in [0.15, 0.2) is 16.9 Å². The van der Waals surface area contributed by atoms with Gasteiger partial charge in [-0.3, -0.25) is 0 Å². The molecule has 140 valence electrons. The molecule has 1 aliphatic rings. The molecule has 3 rings (SSSR count). The summed E-state index contributed by atoms with van der Waals surface area (Å²) in [7, 11) is 0. The molecular formula is C16H20ClN5O4. The van der Waals surface area contributed by atoms with Crippen molar-refractivity contribution < 1.29 is 18.8 Å². The van der Waals surface area contributed by atoms with Gasteiger partial charge in [-0.05, 0) is 38.3 Å². The zero-order chi connectivity index (χ0) is 18.5. The molecule has 1 saturated heterocycles. The molecule has 0 aliphatic carbocycles. The summed E-state index contributed by atoms with van der Waals surface area (Å²) in [5.41, 5.74) is 0.612. The van der Waals surface area contributed by atoms with Gasteiger partial charge in [-0.2, -0.15) is 4.98 Å². The molecule has 9 nitrogen and oxygen atoms in total. The molecule has 1 fully saturated rings. The Morgan fingerprint density at radius 3 is 2.69 bits per heavy atom. The van der Waals surface area contributed by atoms with E-state index in [1.54, 1.807) is 4.90 Å². The topological polar surface area (TPSA) is 103 Å². The Morgan fingerprint density at radius 2 is 2.04 bits per heavy atom. The predicted molar refractivity (Wildman–Crippen MR) is 91.3 cm³/mol. The maximum absolute atomic E-state index is 11.9. The molecule has 0 aromatic carbocycles. The second-order valence-electron chi connectivity index (χ2n) is 6.18. The third-order valence-electron chi connectivity index (χ3n) is 3.83. The summed E-state index contributed by atoms with van der Waals surface area (Å²) in [6.07, 6.45) is 4.16. The molecule has 0 atom stereocenters. The van der Waals surface area contributed by atoms with Gasteiger partial charge in [-0.15, -0.1) is 0 Å². The van der Waals surface area contributed by atoms with E-state index in [0.717, 1.165) is 12.8 Å². The third kappa shape index (κ3) is 4.89. The van der Waals surface area contributed by atoms with E-state index in [0.29, 0.717) is 30.4 Å². The molecule has 3 heterocycles. The number of nitrogens with zero attached hydrogens (tertiary/aromatic N) is 5. The molecule has 2 aromatic rings. The highest BCUT2D eigenvalue weighted by Gasteiger charge is 2.25. The zero-order valence-corrected chi connectivity index (χ0v) is 15.3. The van der Waals surface area contributed by atoms with E-state index in [1.807, 2.05) is 13.8 Å². The number of aromatic nitrogens is 4. The Hall–Kier alpha value is -2.26. The van der Waals surface area contributed by atoms with Crippen LogP contribution in [0.2, 0.25) is 5.28 Å². The largest absolute Gasteiger partial charge is 0.447 e. The van der Waals surface area contributed by atoms with Gasteiger partial charge in [0.25, 0.3) is 5.89 Å². The lowest BCUT2D eigenvalue weighted by Gasteiger charge is -2.31. The van der Waals surface area contributed by atoms with Crippen LogP contribution in [0.3, 0.4) is 0 Å². The van der Waals surface area contributed by atoms with Crippen LogP contribution >= 0.6 is 11.6 Å². The fourth-order valence-electron chi connectivity index (χ4n) is 2.53. The van der Waals surface area contributed by atoms with E-state index in [4.69, 9.17) is 25.6 Å². The van der Waals surface area contributed by atoms with Crippen molar-refractivity contribution in [2.75, 3.05) is 13.1 Å². The van der Waals surface area contributed by atoms with Crippen molar-refractivity contribution in [1.29, 1.82) is 0 Å². The highest BCUT2D eigenvalue weighted by atomic mass is 35.5. The molecule has 0 spiro atoms. The Morgan fingerprint density at radius 1 is 1.35 bits per heavy atom. The maximum Gasteiger partial charge on any atom is 0.410 e. The number of piperidine rings is 1. The molecular weight excluding hydrogens is 362 g/mol. The minimum absolute atomic E-state index is 0.0346. The van der Waals surface area contributed by atoms with Crippen LogP contribution < -0.4 is 0 Å². The first kappa shape index (κ1) is 18.5. The number of ether oxygens (including phenoxy) is 2. The average Bonchev–Trinajstić information content (AvgIpc) is 3.09. The predicted octanol–water partition coefficient (Wildman–Crippen LogP) is 2.71. The van der Waals surface area contributed by atoms with Gasteiger partial charge in [0.1, 0.15) is 6.61 Å². The minimum Gasteiger partial charge on any atom is -0.447 e. The first-order valence-electron chi connectivity index (χ1n) is 8.39. The molecule has 0 bridgehead atoms. The van der Waals surface area contributed by atoms with E-state index in [-0.39, 0.29) is 30.2 Å². The second kappa shape index (κ2) is 8.41. The smallest absolute Gasteiger partial charge is 0.410 e. The number of rotatable bonds is 5. The number of carbonyl (C=O) groups is 1. The minimum atomic E-state index is -0.273. The molecule has 0 unspecified atom stereocenters. The van der Waals surface area contributed by atoms with Crippen LogP contribution in [0.1, 0.15) is 32.6 Å². The molecule has 0 radical (unpaired) electrons. The van der Waals surface area contributed by atoms with Crippen LogP contribution in [0, 0.1) is 0 Å². The lowest BCUT2D eigenvalue weighted by Crippen LogP contribution is -2.41. The van der Waals surface area contributed by atoms with Crippen molar-refractivity contribution >= 4 is 17.7 Å². The zero-order valence-electron chi connectivity index (χ0n) is 14.6. The first-order chi connectivity index (χ1) is 12.5. The maximum atomic E-state index is 11.9. The summed E-state index contributed by atoms with van der Waals surface area (Å²) >= 11 is 5.66. The highest BCUT2D eigenvalue weighted by molar-refractivity contribution is 6.28. The molecule has 1 amide bonds. The van der Waals surface area contributed by atoms with Crippen molar-refractivity contribution in [2.45, 2.75) is 45.5 Å². The third-order valence-corrected chi connectivity index (χ3v) is 4.02. The monoisotopic (exact) mass is 381 g/mol. The van der Waals surface area contributed by atoms with E-state index in [9.17, 15) is 4.79 Å². The van der Waals surface area contributed by atoms with E-state index in [1.165, 1.54) is 12.4 Å². The van der Waals surface area contributed by atoms with Crippen LogP contribution in [-0.4, -0.2) is 56.4 Å². The van der Waals surface area contributed by atoms with Gasteiger partial charge >= 0.3 is 6.09 Å². The van der Waals surface area contributed by atoms with Crippen molar-refractivity contribution in [3.05, 3.63) is 23.6 Å². The number of likely N-dealkylation sites (tertiary alicyclic amines) is 1. The fraction of sp³-hybridized carbons (Fsp3) is 0.562. The fourth-order valence-corrected chi connectivity index (χ4v) is 2.63. The van der Waals surface area contributed by atoms with Gasteiger partial charge in [0.2, 0.25) is 11.1 Å². The highest BCUT2D eigenvalue weighted by Crippen LogP contribution is 2.18. The van der Waals surface area contributed by atoms with E-state index < -0.39 is 0 Å². The van der Waals surface area contributed by atoms with Gasteiger partial charge in [-0.1, -0.05) is 5.16 Å². The molecule has 1 aliphatic heterocycles. The average molecular weight is 382 g/mol. The van der Waals surface area contributed by atoms with Gasteiger partial charge in [0, 0.05) is 25.5 Å². The molecule has 0 N–H and O–H groups in total. The first-order valence-corrected chi connectivity index (χ1v) is 8.76. The Labute approximate surface area is 155 Å². The van der Waals surface area contributed by atoms with Crippen LogP contribution in [0.4, 0.5) is 4.79 Å². The summed E-state index contributed by atoms with van der Waals surface area (Å²) < 4.78 is 16.2. The van der Waals surface area contributed by atoms with Crippen molar-refractivity contribution in [3.63, 3.8) is 0 Å². The number of hydrogen-bond acceptors (Lipinski definition) is 8. The molecule has 26 heavy (non-hydrogen) atoms. The van der Waals surface area contributed by atoms with Crippen LogP contribution in [0.5, 0.6) is 0 Å². The second-order valence-corrected chi connectivity index (χ2v) is 6.52. The van der Waals surface area contributed by atoms with Gasteiger partial charge in [0.15, 0.2) is 0 Å². The normalized spacial score (nSPS) is 15.5. The Bertz CT molecular complexity index is 728. The van der Waals surface area contributed by atoms with E-state index >= 15 is 0 Å². The van der Waals surface area contributed by atoms with Gasteiger partial charge in [-0.25, -0.2) is 14.8 Å². The SMILES string of the molecule is CC(C)OC(=O)N1CCC(OCc2nc(-c3cnc(Cl)nc3)no2)CC1. The van der Waals surface area contributed by atoms with Crippen LogP contribution in [0.25, 0.3) is 11.4 Å². The Kier molecular flexibility index (Phi) is 6.00. The molecule has 0 saturated carbocycles. The van der Waals surface area contributed by atoms with Crippen molar-refractivity contribution in [1.82, 2.24) is 25.0 Å². The molecule has 10 heteroatoms. The van der Waals surface area contributed by atoms with Crippen molar-refractivity contribution in [3.8, 4) is 11.4 Å². The van der Waals surface area contributed by atoms with E-state index in [2.05, 4.69) is 20.1 Å². The Balaban J connectivity index is 1.46. The number of amides is 1. The lowest BCUT2D eigenvalue weighted by molar-refractivity contribution is -0.0147. The summed E-state index contributed by atoms with van der Waals surface area (Å²) in [4.78, 5) is 25.6. The number of halogens is 1. The quantitative estimate of drug-likeness (QED) is 0.728. The lowest BCUT2D eigenvalue weighted by atomic mass is 10.1. The van der Waals surface area contributed by atoms with Crippen molar-refractivity contribution in [2.24, 2.45) is 0 Å². The molecule has 2 aromatic heterocycles. The summed E-state index contributed by atoms with van der Waals surface area (Å²) in [5.74, 6) is 0.753. The number of carbonyl (C=O) groups excluding carboxylic acids is 1. The summed E-state index contributed by atoms with van der Waals surface area (Å²) in [6.45, 7) is 5.09. The van der Waals surface area contributed by atoms with Gasteiger partial charge in [0.05, 0.1) is 17.8 Å². The van der Waals surface area contributed by atoms with Gasteiger partial charge < -0.3 is 18.9 Å². The number of hydrogen-bond donors (Lipinski definition) is 0. The summed E-state index contributed by atoms with van der Waals surface area (Å²) in [6, 6.07) is 0. The summed E-state index contributed by atoms with van der Waals surface area (Å²) in [5, 5.41) is 4.04.